The van der Waals surface area contributed by atoms with Gasteiger partial charge in [0.25, 0.3) is 0 Å². The summed E-state index contributed by atoms with van der Waals surface area (Å²) in [5.41, 5.74) is 0.0618. The van der Waals surface area contributed by atoms with E-state index < -0.39 is 11.7 Å². The molecule has 0 spiro atoms. The maximum Gasteiger partial charge on any atom is 0.416 e. The van der Waals surface area contributed by atoms with Crippen LogP contribution in [0.2, 0.25) is 0 Å². The Bertz CT molecular complexity index is 633. The topological polar surface area (TPSA) is 54.2 Å². The van der Waals surface area contributed by atoms with E-state index in [4.69, 9.17) is 0 Å². The highest BCUT2D eigenvalue weighted by molar-refractivity contribution is 5.79. The van der Waals surface area contributed by atoms with Gasteiger partial charge in [-0.1, -0.05) is 12.1 Å². The second kappa shape index (κ2) is 8.37. The molecule has 0 fully saturated rings. The van der Waals surface area contributed by atoms with Crippen molar-refractivity contribution in [1.29, 1.82) is 0 Å². The lowest BCUT2D eigenvalue weighted by atomic mass is 10.1. The number of hydrogen-bond donors (Lipinski definition) is 2. The predicted octanol–water partition coefficient (Wildman–Crippen LogP) is 2.66. The molecule has 2 aromatic rings. The van der Waals surface area contributed by atoms with Crippen LogP contribution >= 0.6 is 0 Å². The summed E-state index contributed by atoms with van der Waals surface area (Å²) in [6.45, 7) is 4.27. The van der Waals surface area contributed by atoms with E-state index in [1.165, 1.54) is 12.1 Å². The predicted molar refractivity (Wildman–Crippen MR) is 86.5 cm³/mol. The Labute approximate surface area is 138 Å². The lowest BCUT2D eigenvalue weighted by Gasteiger charge is -2.11. The number of hydrogen-bond acceptors (Lipinski definition) is 2. The lowest BCUT2D eigenvalue weighted by molar-refractivity contribution is -0.137. The third kappa shape index (κ3) is 5.60. The average molecular weight is 339 g/mol. The summed E-state index contributed by atoms with van der Waals surface area (Å²) in [6.07, 6.45) is -0.734. The molecule has 8 heteroatoms. The van der Waals surface area contributed by atoms with Crippen molar-refractivity contribution in [2.75, 3.05) is 13.1 Å². The van der Waals surface area contributed by atoms with Crippen molar-refractivity contribution in [3.8, 4) is 0 Å². The molecule has 0 amide bonds. The molecule has 0 saturated heterocycles. The second-order valence-corrected chi connectivity index (χ2v) is 5.09. The number of guanidine groups is 1. The fourth-order valence-electron chi connectivity index (χ4n) is 2.03. The first-order chi connectivity index (χ1) is 11.5. The number of alkyl halides is 3. The molecule has 0 atom stereocenters. The Morgan fingerprint density at radius 1 is 1.21 bits per heavy atom. The van der Waals surface area contributed by atoms with Gasteiger partial charge in [-0.2, -0.15) is 18.3 Å². The van der Waals surface area contributed by atoms with Crippen molar-refractivity contribution in [3.05, 3.63) is 53.9 Å². The molecular formula is C16H20F3N5. The average Bonchev–Trinajstić information content (AvgIpc) is 3.05. The van der Waals surface area contributed by atoms with Gasteiger partial charge in [-0.15, -0.1) is 0 Å². The molecule has 5 nitrogen and oxygen atoms in total. The van der Waals surface area contributed by atoms with Crippen LogP contribution in [0, 0.1) is 0 Å². The van der Waals surface area contributed by atoms with Crippen LogP contribution in [0.25, 0.3) is 0 Å². The Hall–Kier alpha value is -2.51. The largest absolute Gasteiger partial charge is 0.416 e. The minimum absolute atomic E-state index is 0.301. The monoisotopic (exact) mass is 339 g/mol. The van der Waals surface area contributed by atoms with E-state index in [1.54, 1.807) is 10.9 Å². The van der Waals surface area contributed by atoms with Gasteiger partial charge in [0.15, 0.2) is 5.96 Å². The van der Waals surface area contributed by atoms with Gasteiger partial charge in [-0.3, -0.25) is 4.68 Å². The summed E-state index contributed by atoms with van der Waals surface area (Å²) in [5, 5.41) is 10.4. The lowest BCUT2D eigenvalue weighted by Crippen LogP contribution is -2.38. The van der Waals surface area contributed by atoms with Gasteiger partial charge in [0.05, 0.1) is 18.7 Å². The van der Waals surface area contributed by atoms with Crippen molar-refractivity contribution in [3.63, 3.8) is 0 Å². The molecule has 24 heavy (non-hydrogen) atoms. The molecule has 1 heterocycles. The van der Waals surface area contributed by atoms with Crippen LogP contribution in [-0.4, -0.2) is 28.8 Å². The van der Waals surface area contributed by atoms with Gasteiger partial charge in [-0.05, 0) is 30.7 Å². The van der Waals surface area contributed by atoms with Crippen LogP contribution < -0.4 is 10.6 Å². The Kier molecular flexibility index (Phi) is 6.22. The van der Waals surface area contributed by atoms with E-state index in [1.807, 2.05) is 19.2 Å². The number of rotatable bonds is 6. The second-order valence-electron chi connectivity index (χ2n) is 5.09. The number of aliphatic imine (C=N–C) groups is 1. The highest BCUT2D eigenvalue weighted by Gasteiger charge is 2.29. The molecule has 130 valence electrons. The van der Waals surface area contributed by atoms with E-state index in [9.17, 15) is 13.2 Å². The highest BCUT2D eigenvalue weighted by atomic mass is 19.4. The van der Waals surface area contributed by atoms with Crippen molar-refractivity contribution in [2.45, 2.75) is 26.2 Å². The van der Waals surface area contributed by atoms with Gasteiger partial charge in [-0.25, -0.2) is 4.99 Å². The molecule has 0 aliphatic carbocycles. The van der Waals surface area contributed by atoms with Gasteiger partial charge < -0.3 is 10.6 Å². The minimum atomic E-state index is -4.31. The SMILES string of the molecule is CCNC(=NCc1ccc(C(F)(F)F)cc1)NCCn1cccn1. The van der Waals surface area contributed by atoms with E-state index >= 15 is 0 Å². The minimum Gasteiger partial charge on any atom is -0.357 e. The molecule has 1 aromatic heterocycles. The standard InChI is InChI=1S/C16H20F3N5/c1-2-20-15(21-9-11-24-10-3-8-23-24)22-12-13-4-6-14(7-5-13)16(17,18)19/h3-8,10H,2,9,11-12H2,1H3,(H2,20,21,22). The molecule has 0 aliphatic rings. The van der Waals surface area contributed by atoms with Crippen molar-refractivity contribution >= 4 is 5.96 Å². The molecular weight excluding hydrogens is 319 g/mol. The van der Waals surface area contributed by atoms with Gasteiger partial charge in [0, 0.05) is 25.5 Å². The van der Waals surface area contributed by atoms with Gasteiger partial charge in [0.2, 0.25) is 0 Å². The number of aromatic nitrogens is 2. The molecule has 0 bridgehead atoms. The summed E-state index contributed by atoms with van der Waals surface area (Å²) in [5.74, 6) is 0.615. The summed E-state index contributed by atoms with van der Waals surface area (Å²) >= 11 is 0. The zero-order chi connectivity index (χ0) is 17.4. The first-order valence-corrected chi connectivity index (χ1v) is 7.65. The van der Waals surface area contributed by atoms with Crippen LogP contribution in [0.3, 0.4) is 0 Å². The van der Waals surface area contributed by atoms with Gasteiger partial charge in [0.1, 0.15) is 0 Å². The summed E-state index contributed by atoms with van der Waals surface area (Å²) in [4.78, 5) is 4.38. The van der Waals surface area contributed by atoms with Crippen LogP contribution in [-0.2, 0) is 19.3 Å². The van der Waals surface area contributed by atoms with Crippen LogP contribution in [0.5, 0.6) is 0 Å². The van der Waals surface area contributed by atoms with Gasteiger partial charge >= 0.3 is 6.18 Å². The molecule has 0 radical (unpaired) electrons. The quantitative estimate of drug-likeness (QED) is 0.628. The molecule has 2 N–H and O–H groups in total. The Morgan fingerprint density at radius 3 is 2.54 bits per heavy atom. The summed E-state index contributed by atoms with van der Waals surface area (Å²) in [7, 11) is 0. The Balaban J connectivity index is 1.89. The molecule has 1 aromatic carbocycles. The Morgan fingerprint density at radius 2 is 1.96 bits per heavy atom. The maximum atomic E-state index is 12.5. The summed E-state index contributed by atoms with van der Waals surface area (Å²) < 4.78 is 39.4. The van der Waals surface area contributed by atoms with E-state index in [0.29, 0.717) is 37.7 Å². The molecule has 0 aliphatic heterocycles. The smallest absolute Gasteiger partial charge is 0.357 e. The fraction of sp³-hybridized carbons (Fsp3) is 0.375. The first-order valence-electron chi connectivity index (χ1n) is 7.65. The number of benzene rings is 1. The van der Waals surface area contributed by atoms with E-state index in [0.717, 1.165) is 12.1 Å². The van der Waals surface area contributed by atoms with Crippen LogP contribution in [0.1, 0.15) is 18.1 Å². The highest BCUT2D eigenvalue weighted by Crippen LogP contribution is 2.29. The fourth-order valence-corrected chi connectivity index (χ4v) is 2.03. The van der Waals surface area contributed by atoms with E-state index in [-0.39, 0.29) is 0 Å². The molecule has 0 saturated carbocycles. The zero-order valence-corrected chi connectivity index (χ0v) is 13.3. The van der Waals surface area contributed by atoms with Crippen molar-refractivity contribution < 1.29 is 13.2 Å². The molecule has 0 unspecified atom stereocenters. The number of nitrogens with zero attached hydrogens (tertiary/aromatic N) is 3. The zero-order valence-electron chi connectivity index (χ0n) is 13.3. The summed E-state index contributed by atoms with van der Waals surface area (Å²) in [6, 6.07) is 6.88. The number of halogens is 3. The third-order valence-corrected chi connectivity index (χ3v) is 3.24. The van der Waals surface area contributed by atoms with Crippen molar-refractivity contribution in [1.82, 2.24) is 20.4 Å². The van der Waals surface area contributed by atoms with Crippen molar-refractivity contribution in [2.24, 2.45) is 4.99 Å². The molecule has 2 rings (SSSR count). The first kappa shape index (κ1) is 17.8. The normalized spacial score (nSPS) is 12.2. The van der Waals surface area contributed by atoms with E-state index in [2.05, 4.69) is 20.7 Å². The van der Waals surface area contributed by atoms with Crippen LogP contribution in [0.15, 0.2) is 47.7 Å². The number of nitrogens with one attached hydrogen (secondary N) is 2. The maximum absolute atomic E-state index is 12.5. The van der Waals surface area contributed by atoms with Crippen LogP contribution in [0.4, 0.5) is 13.2 Å². The third-order valence-electron chi connectivity index (χ3n) is 3.24.